The highest BCUT2D eigenvalue weighted by Crippen LogP contribution is 2.12. The van der Waals surface area contributed by atoms with E-state index >= 15 is 0 Å². The number of pyridine rings is 1. The first-order chi connectivity index (χ1) is 8.70. The lowest BCUT2D eigenvalue weighted by Crippen LogP contribution is -2.22. The van der Waals surface area contributed by atoms with Gasteiger partial charge in [-0.3, -0.25) is 4.79 Å². The van der Waals surface area contributed by atoms with Gasteiger partial charge in [0.2, 0.25) is 5.91 Å². The normalized spacial score (nSPS) is 12.1. The Balaban J connectivity index is 2.06. The molecule has 0 saturated carbocycles. The minimum absolute atomic E-state index is 0.0175. The van der Waals surface area contributed by atoms with Crippen molar-refractivity contribution >= 4 is 23.4 Å². The molecular formula is C12H14N4OS. The molecule has 2 heterocycles. The summed E-state index contributed by atoms with van der Waals surface area (Å²) in [5, 5.41) is 6.82. The van der Waals surface area contributed by atoms with Gasteiger partial charge in [0.25, 0.3) is 0 Å². The monoisotopic (exact) mass is 262 g/mol. The second-order valence-corrected chi connectivity index (χ2v) is 4.90. The first-order valence-electron chi connectivity index (χ1n) is 5.50. The van der Waals surface area contributed by atoms with Crippen LogP contribution < -0.4 is 5.32 Å². The molecule has 0 aromatic carbocycles. The molecule has 5 nitrogen and oxygen atoms in total. The van der Waals surface area contributed by atoms with Gasteiger partial charge in [0.15, 0.2) is 5.82 Å². The number of nitrogens with one attached hydrogen (secondary N) is 1. The molecule has 0 radical (unpaired) electrons. The summed E-state index contributed by atoms with van der Waals surface area (Å²) in [4.78, 5) is 15.9. The zero-order chi connectivity index (χ0) is 13.0. The smallest absolute Gasteiger partial charge is 0.237 e. The molecule has 2 rings (SSSR count). The van der Waals surface area contributed by atoms with Crippen LogP contribution in [0.5, 0.6) is 0 Å². The number of carbonyl (C=O) groups is 1. The van der Waals surface area contributed by atoms with E-state index in [1.165, 1.54) is 11.8 Å². The molecular weight excluding hydrogens is 248 g/mol. The van der Waals surface area contributed by atoms with Gasteiger partial charge in [-0.15, -0.1) is 0 Å². The minimum atomic E-state index is -0.0733. The second kappa shape index (κ2) is 5.68. The van der Waals surface area contributed by atoms with Crippen molar-refractivity contribution < 1.29 is 4.79 Å². The largest absolute Gasteiger partial charge is 0.324 e. The molecule has 18 heavy (non-hydrogen) atoms. The van der Waals surface area contributed by atoms with Crippen molar-refractivity contribution in [2.45, 2.75) is 12.2 Å². The van der Waals surface area contributed by atoms with Crippen molar-refractivity contribution in [3.8, 4) is 5.82 Å². The predicted molar refractivity (Wildman–Crippen MR) is 73.0 cm³/mol. The predicted octanol–water partition coefficient (Wildman–Crippen LogP) is 1.96. The van der Waals surface area contributed by atoms with E-state index in [4.69, 9.17) is 0 Å². The third-order valence-electron chi connectivity index (χ3n) is 2.48. The van der Waals surface area contributed by atoms with Gasteiger partial charge in [-0.1, -0.05) is 0 Å². The van der Waals surface area contributed by atoms with Crippen molar-refractivity contribution in [2.75, 3.05) is 11.6 Å². The van der Waals surface area contributed by atoms with E-state index in [9.17, 15) is 4.79 Å². The fraction of sp³-hybridized carbons (Fsp3) is 0.250. The summed E-state index contributed by atoms with van der Waals surface area (Å²) in [7, 11) is 0. The van der Waals surface area contributed by atoms with E-state index in [2.05, 4.69) is 15.4 Å². The Hall–Kier alpha value is -1.82. The number of aromatic nitrogens is 3. The maximum atomic E-state index is 11.7. The molecule has 1 atom stereocenters. The third-order valence-corrected chi connectivity index (χ3v) is 3.40. The van der Waals surface area contributed by atoms with Gasteiger partial charge in [-0.25, -0.2) is 9.67 Å². The van der Waals surface area contributed by atoms with E-state index in [-0.39, 0.29) is 11.2 Å². The first kappa shape index (κ1) is 12.6. The number of nitrogens with zero attached hydrogens (tertiary/aromatic N) is 3. The Morgan fingerprint density at radius 1 is 1.50 bits per heavy atom. The average Bonchev–Trinajstić information content (AvgIpc) is 2.92. The van der Waals surface area contributed by atoms with Crippen LogP contribution in [0.3, 0.4) is 0 Å². The van der Waals surface area contributed by atoms with Gasteiger partial charge >= 0.3 is 0 Å². The zero-order valence-corrected chi connectivity index (χ0v) is 11.0. The van der Waals surface area contributed by atoms with E-state index in [1.807, 2.05) is 37.6 Å². The van der Waals surface area contributed by atoms with Crippen LogP contribution in [0.15, 0.2) is 36.8 Å². The molecule has 1 amide bonds. The standard InChI is InChI=1S/C12H14N4OS/c1-9(18-2)12(17)15-10-4-5-11(13-8-10)16-7-3-6-14-16/h3-9H,1-2H3,(H,15,17). The number of amides is 1. The summed E-state index contributed by atoms with van der Waals surface area (Å²) in [5.41, 5.74) is 0.691. The summed E-state index contributed by atoms with van der Waals surface area (Å²) in [6.45, 7) is 1.87. The molecule has 1 unspecified atom stereocenters. The fourth-order valence-electron chi connectivity index (χ4n) is 1.35. The van der Waals surface area contributed by atoms with Crippen LogP contribution in [-0.4, -0.2) is 32.2 Å². The molecule has 1 N–H and O–H groups in total. The average molecular weight is 262 g/mol. The SMILES string of the molecule is CSC(C)C(=O)Nc1ccc(-n2cccn2)nc1. The Morgan fingerprint density at radius 3 is 2.89 bits per heavy atom. The van der Waals surface area contributed by atoms with Gasteiger partial charge in [-0.05, 0) is 31.4 Å². The van der Waals surface area contributed by atoms with Crippen LogP contribution in [0.4, 0.5) is 5.69 Å². The van der Waals surface area contributed by atoms with E-state index in [1.54, 1.807) is 17.1 Å². The van der Waals surface area contributed by atoms with Crippen LogP contribution in [0.25, 0.3) is 5.82 Å². The molecule has 0 saturated heterocycles. The van der Waals surface area contributed by atoms with Crippen molar-refractivity contribution in [2.24, 2.45) is 0 Å². The lowest BCUT2D eigenvalue weighted by molar-refractivity contribution is -0.115. The van der Waals surface area contributed by atoms with Gasteiger partial charge in [-0.2, -0.15) is 16.9 Å². The Bertz CT molecular complexity index is 509. The van der Waals surface area contributed by atoms with Gasteiger partial charge in [0, 0.05) is 12.4 Å². The maximum absolute atomic E-state index is 11.7. The molecule has 0 aliphatic heterocycles. The molecule has 0 aliphatic rings. The van der Waals surface area contributed by atoms with Crippen LogP contribution in [-0.2, 0) is 4.79 Å². The number of anilines is 1. The molecule has 0 spiro atoms. The highest BCUT2D eigenvalue weighted by molar-refractivity contribution is 7.99. The van der Waals surface area contributed by atoms with Crippen molar-refractivity contribution in [3.63, 3.8) is 0 Å². The summed E-state index contributed by atoms with van der Waals surface area (Å²) in [6, 6.07) is 5.46. The van der Waals surface area contributed by atoms with Gasteiger partial charge < -0.3 is 5.32 Å². The van der Waals surface area contributed by atoms with Crippen LogP contribution in [0.1, 0.15) is 6.92 Å². The Kier molecular flexibility index (Phi) is 3.99. The third kappa shape index (κ3) is 2.89. The van der Waals surface area contributed by atoms with Crippen molar-refractivity contribution in [1.29, 1.82) is 0 Å². The van der Waals surface area contributed by atoms with Crippen LogP contribution in [0.2, 0.25) is 0 Å². The van der Waals surface area contributed by atoms with E-state index < -0.39 is 0 Å². The number of thioether (sulfide) groups is 1. The topological polar surface area (TPSA) is 59.8 Å². The second-order valence-electron chi connectivity index (χ2n) is 3.72. The molecule has 6 heteroatoms. The quantitative estimate of drug-likeness (QED) is 0.915. The van der Waals surface area contributed by atoms with Crippen LogP contribution >= 0.6 is 11.8 Å². The van der Waals surface area contributed by atoms with Gasteiger partial charge in [0.05, 0.1) is 17.1 Å². The number of hydrogen-bond donors (Lipinski definition) is 1. The van der Waals surface area contributed by atoms with Crippen molar-refractivity contribution in [1.82, 2.24) is 14.8 Å². The summed E-state index contributed by atoms with van der Waals surface area (Å²) >= 11 is 1.51. The lowest BCUT2D eigenvalue weighted by Gasteiger charge is -2.09. The van der Waals surface area contributed by atoms with Gasteiger partial charge in [0.1, 0.15) is 0 Å². The molecule has 2 aromatic heterocycles. The fourth-order valence-corrected chi connectivity index (χ4v) is 1.62. The summed E-state index contributed by atoms with van der Waals surface area (Å²) in [6.07, 6.45) is 7.04. The maximum Gasteiger partial charge on any atom is 0.237 e. The van der Waals surface area contributed by atoms with Crippen molar-refractivity contribution in [3.05, 3.63) is 36.8 Å². The molecule has 94 valence electrons. The minimum Gasteiger partial charge on any atom is -0.324 e. The molecule has 2 aromatic rings. The summed E-state index contributed by atoms with van der Waals surface area (Å²) < 4.78 is 1.66. The Labute approximate surface area is 110 Å². The van der Waals surface area contributed by atoms with Crippen LogP contribution in [0, 0.1) is 0 Å². The Morgan fingerprint density at radius 2 is 2.33 bits per heavy atom. The highest BCUT2D eigenvalue weighted by atomic mass is 32.2. The zero-order valence-electron chi connectivity index (χ0n) is 10.2. The number of carbonyl (C=O) groups excluding carboxylic acids is 1. The number of rotatable bonds is 4. The lowest BCUT2D eigenvalue weighted by atomic mass is 10.3. The highest BCUT2D eigenvalue weighted by Gasteiger charge is 2.11. The molecule has 0 aliphatic carbocycles. The number of hydrogen-bond acceptors (Lipinski definition) is 4. The molecule has 0 bridgehead atoms. The summed E-state index contributed by atoms with van der Waals surface area (Å²) in [5.74, 6) is 0.701. The van der Waals surface area contributed by atoms with E-state index in [0.29, 0.717) is 5.69 Å². The first-order valence-corrected chi connectivity index (χ1v) is 6.79. The van der Waals surface area contributed by atoms with E-state index in [0.717, 1.165) is 5.82 Å². The molecule has 0 fully saturated rings.